The van der Waals surface area contributed by atoms with Crippen LogP contribution in [-0.2, 0) is 6.18 Å². The van der Waals surface area contributed by atoms with Crippen LogP contribution >= 0.6 is 0 Å². The van der Waals surface area contributed by atoms with E-state index in [0.29, 0.717) is 18.5 Å². The highest BCUT2D eigenvalue weighted by Gasteiger charge is 2.35. The van der Waals surface area contributed by atoms with Gasteiger partial charge in [0.25, 0.3) is 0 Å². The zero-order chi connectivity index (χ0) is 14.0. The fraction of sp³-hybridized carbons (Fsp3) is 0.692. The van der Waals surface area contributed by atoms with Crippen molar-refractivity contribution in [1.82, 2.24) is 9.97 Å². The highest BCUT2D eigenvalue weighted by atomic mass is 19.4. The third-order valence-electron chi connectivity index (χ3n) is 3.13. The summed E-state index contributed by atoms with van der Waals surface area (Å²) < 4.78 is 38.0. The number of anilines is 1. The van der Waals surface area contributed by atoms with Crippen molar-refractivity contribution in [3.8, 4) is 0 Å². The Morgan fingerprint density at radius 2 is 2.05 bits per heavy atom. The van der Waals surface area contributed by atoms with E-state index in [4.69, 9.17) is 0 Å². The molecule has 2 rings (SSSR count). The predicted octanol–water partition coefficient (Wildman–Crippen LogP) is 3.51. The molecule has 0 N–H and O–H groups in total. The zero-order valence-corrected chi connectivity index (χ0v) is 11.1. The largest absolute Gasteiger partial charge is 0.433 e. The molecule has 1 aromatic heterocycles. The van der Waals surface area contributed by atoms with Gasteiger partial charge in [0, 0.05) is 18.8 Å². The molecule has 0 saturated heterocycles. The molecule has 19 heavy (non-hydrogen) atoms. The molecule has 1 saturated carbocycles. The normalized spacial score (nSPS) is 15.9. The number of aromatic nitrogens is 2. The Labute approximate surface area is 110 Å². The lowest BCUT2D eigenvalue weighted by Gasteiger charge is -2.23. The second-order valence-electron chi connectivity index (χ2n) is 5.35. The van der Waals surface area contributed by atoms with Gasteiger partial charge in [-0.15, -0.1) is 0 Å². The first-order chi connectivity index (χ1) is 8.88. The number of halogens is 3. The van der Waals surface area contributed by atoms with E-state index in [1.165, 1.54) is 6.20 Å². The van der Waals surface area contributed by atoms with E-state index < -0.39 is 11.9 Å². The fourth-order valence-electron chi connectivity index (χ4n) is 1.87. The second kappa shape index (κ2) is 5.35. The standard InChI is InChI=1S/C13H18F3N3/c1-9(2)6-8-19(10-3-4-10)12-17-7-5-11(18-12)13(14,15)16/h5,7,9-10H,3-4,6,8H2,1-2H3. The third-order valence-corrected chi connectivity index (χ3v) is 3.13. The van der Waals surface area contributed by atoms with Crippen LogP contribution in [0.4, 0.5) is 19.1 Å². The lowest BCUT2D eigenvalue weighted by molar-refractivity contribution is -0.141. The van der Waals surface area contributed by atoms with Gasteiger partial charge in [0.2, 0.25) is 5.95 Å². The van der Waals surface area contributed by atoms with Crippen molar-refractivity contribution in [3.05, 3.63) is 18.0 Å². The van der Waals surface area contributed by atoms with E-state index in [1.54, 1.807) is 0 Å². The molecule has 1 aliphatic carbocycles. The highest BCUT2D eigenvalue weighted by Crippen LogP contribution is 2.32. The topological polar surface area (TPSA) is 29.0 Å². The van der Waals surface area contributed by atoms with Gasteiger partial charge in [-0.2, -0.15) is 13.2 Å². The molecule has 0 unspecified atom stereocenters. The molecule has 0 atom stereocenters. The summed E-state index contributed by atoms with van der Waals surface area (Å²) in [5.74, 6) is 0.713. The van der Waals surface area contributed by atoms with Crippen LogP contribution in [-0.4, -0.2) is 22.6 Å². The minimum Gasteiger partial charge on any atom is -0.338 e. The van der Waals surface area contributed by atoms with Crippen LogP contribution in [0.3, 0.4) is 0 Å². The Balaban J connectivity index is 2.17. The Bertz CT molecular complexity index is 427. The molecular weight excluding hydrogens is 255 g/mol. The molecular formula is C13H18F3N3. The average Bonchev–Trinajstić information content (AvgIpc) is 3.13. The lowest BCUT2D eigenvalue weighted by Crippen LogP contribution is -2.30. The molecule has 1 aliphatic rings. The molecule has 1 fully saturated rings. The quantitative estimate of drug-likeness (QED) is 0.822. The summed E-state index contributed by atoms with van der Waals surface area (Å²) in [5, 5.41) is 0. The van der Waals surface area contributed by atoms with Gasteiger partial charge in [0.15, 0.2) is 0 Å². The van der Waals surface area contributed by atoms with E-state index in [1.807, 2.05) is 4.90 Å². The van der Waals surface area contributed by atoms with Gasteiger partial charge >= 0.3 is 6.18 Å². The van der Waals surface area contributed by atoms with Crippen molar-refractivity contribution in [3.63, 3.8) is 0 Å². The minimum absolute atomic E-state index is 0.206. The van der Waals surface area contributed by atoms with Crippen LogP contribution in [0.25, 0.3) is 0 Å². The van der Waals surface area contributed by atoms with Gasteiger partial charge < -0.3 is 4.90 Å². The van der Waals surface area contributed by atoms with Crippen molar-refractivity contribution in [2.24, 2.45) is 5.92 Å². The van der Waals surface area contributed by atoms with Crippen molar-refractivity contribution in [2.45, 2.75) is 45.3 Å². The van der Waals surface area contributed by atoms with Gasteiger partial charge in [-0.25, -0.2) is 9.97 Å². The fourth-order valence-corrected chi connectivity index (χ4v) is 1.87. The molecule has 106 valence electrons. The Morgan fingerprint density at radius 3 is 2.58 bits per heavy atom. The van der Waals surface area contributed by atoms with Gasteiger partial charge in [0.1, 0.15) is 5.69 Å². The maximum absolute atomic E-state index is 12.7. The van der Waals surface area contributed by atoms with Crippen LogP contribution in [0.15, 0.2) is 12.3 Å². The molecule has 6 heteroatoms. The Kier molecular flexibility index (Phi) is 3.96. The van der Waals surface area contributed by atoms with E-state index in [2.05, 4.69) is 23.8 Å². The molecule has 1 aromatic rings. The molecule has 0 spiro atoms. The number of hydrogen-bond acceptors (Lipinski definition) is 3. The number of hydrogen-bond donors (Lipinski definition) is 0. The summed E-state index contributed by atoms with van der Waals surface area (Å²) in [6, 6.07) is 1.22. The minimum atomic E-state index is -4.41. The first kappa shape index (κ1) is 14.1. The van der Waals surface area contributed by atoms with Gasteiger partial charge in [0.05, 0.1) is 0 Å². The van der Waals surface area contributed by atoms with Crippen LogP contribution in [0.5, 0.6) is 0 Å². The molecule has 0 aliphatic heterocycles. The summed E-state index contributed by atoms with van der Waals surface area (Å²) >= 11 is 0. The van der Waals surface area contributed by atoms with Crippen LogP contribution < -0.4 is 4.90 Å². The summed E-state index contributed by atoms with van der Waals surface area (Å²) in [4.78, 5) is 9.59. The van der Waals surface area contributed by atoms with E-state index in [-0.39, 0.29) is 5.95 Å². The SMILES string of the molecule is CC(C)CCN(c1nccc(C(F)(F)F)n1)C1CC1. The Morgan fingerprint density at radius 1 is 1.37 bits per heavy atom. The van der Waals surface area contributed by atoms with Gasteiger partial charge in [-0.05, 0) is 31.2 Å². The van der Waals surface area contributed by atoms with Crippen molar-refractivity contribution < 1.29 is 13.2 Å². The molecule has 0 aromatic carbocycles. The first-order valence-corrected chi connectivity index (χ1v) is 6.55. The van der Waals surface area contributed by atoms with Gasteiger partial charge in [-0.1, -0.05) is 13.8 Å². The van der Waals surface area contributed by atoms with Gasteiger partial charge in [-0.3, -0.25) is 0 Å². The first-order valence-electron chi connectivity index (χ1n) is 6.55. The smallest absolute Gasteiger partial charge is 0.338 e. The summed E-state index contributed by atoms with van der Waals surface area (Å²) in [7, 11) is 0. The Hall–Kier alpha value is -1.33. The molecule has 0 radical (unpaired) electrons. The van der Waals surface area contributed by atoms with Crippen molar-refractivity contribution >= 4 is 5.95 Å². The van der Waals surface area contributed by atoms with Crippen molar-refractivity contribution in [2.75, 3.05) is 11.4 Å². The van der Waals surface area contributed by atoms with Crippen LogP contribution in [0, 0.1) is 5.92 Å². The zero-order valence-electron chi connectivity index (χ0n) is 11.1. The maximum atomic E-state index is 12.7. The maximum Gasteiger partial charge on any atom is 0.433 e. The van der Waals surface area contributed by atoms with Crippen LogP contribution in [0.2, 0.25) is 0 Å². The highest BCUT2D eigenvalue weighted by molar-refractivity contribution is 5.34. The number of nitrogens with zero attached hydrogens (tertiary/aromatic N) is 3. The van der Waals surface area contributed by atoms with E-state index in [0.717, 1.165) is 25.3 Å². The molecule has 3 nitrogen and oxygen atoms in total. The molecule has 0 bridgehead atoms. The van der Waals surface area contributed by atoms with E-state index in [9.17, 15) is 13.2 Å². The number of rotatable bonds is 5. The second-order valence-corrected chi connectivity index (χ2v) is 5.35. The van der Waals surface area contributed by atoms with E-state index >= 15 is 0 Å². The molecule has 0 amide bonds. The lowest BCUT2D eigenvalue weighted by atomic mass is 10.1. The monoisotopic (exact) mass is 273 g/mol. The summed E-state index contributed by atoms with van der Waals surface area (Å²) in [5.41, 5.74) is -0.868. The summed E-state index contributed by atoms with van der Waals surface area (Å²) in [6.45, 7) is 4.90. The third kappa shape index (κ3) is 3.81. The van der Waals surface area contributed by atoms with Crippen LogP contribution in [0.1, 0.15) is 38.8 Å². The number of alkyl halides is 3. The van der Waals surface area contributed by atoms with Crippen molar-refractivity contribution in [1.29, 1.82) is 0 Å². The predicted molar refractivity (Wildman–Crippen MR) is 66.9 cm³/mol. The molecule has 1 heterocycles. The summed E-state index contributed by atoms with van der Waals surface area (Å²) in [6.07, 6.45) is -0.271. The average molecular weight is 273 g/mol.